The highest BCUT2D eigenvalue weighted by Gasteiger charge is 2.23. The molecule has 2 heteroatoms. The highest BCUT2D eigenvalue weighted by atomic mass is 14.9. The first kappa shape index (κ1) is 14.4. The third-order valence-electron chi connectivity index (χ3n) is 3.70. The van der Waals surface area contributed by atoms with Crippen LogP contribution in [0.3, 0.4) is 0 Å². The van der Waals surface area contributed by atoms with Crippen molar-refractivity contribution in [2.75, 3.05) is 11.1 Å². The van der Waals surface area contributed by atoms with Crippen LogP contribution in [0.4, 0.5) is 17.1 Å². The van der Waals surface area contributed by atoms with Crippen LogP contribution in [-0.2, 0) is 5.41 Å². The van der Waals surface area contributed by atoms with Gasteiger partial charge >= 0.3 is 0 Å². The number of hydrogen-bond acceptors (Lipinski definition) is 2. The first-order chi connectivity index (χ1) is 9.53. The molecule has 2 aromatic carbocycles. The van der Waals surface area contributed by atoms with E-state index in [1.165, 1.54) is 5.56 Å². The van der Waals surface area contributed by atoms with E-state index < -0.39 is 0 Å². The van der Waals surface area contributed by atoms with Crippen LogP contribution in [0.5, 0.6) is 0 Å². The maximum atomic E-state index is 5.99. The highest BCUT2D eigenvalue weighted by Crippen LogP contribution is 2.36. The van der Waals surface area contributed by atoms with Gasteiger partial charge in [0.1, 0.15) is 0 Å². The van der Waals surface area contributed by atoms with Gasteiger partial charge in [0.15, 0.2) is 0 Å². The molecule has 0 spiro atoms. The van der Waals surface area contributed by atoms with Crippen molar-refractivity contribution in [3.05, 3.63) is 54.1 Å². The summed E-state index contributed by atoms with van der Waals surface area (Å²) in [4.78, 5) is 0. The summed E-state index contributed by atoms with van der Waals surface area (Å²) in [5, 5.41) is 3.51. The zero-order chi connectivity index (χ0) is 14.6. The molecular formula is C18H24N2. The lowest BCUT2D eigenvalue weighted by Gasteiger charge is -2.28. The van der Waals surface area contributed by atoms with E-state index in [1.54, 1.807) is 0 Å². The van der Waals surface area contributed by atoms with Crippen molar-refractivity contribution < 1.29 is 0 Å². The number of benzene rings is 2. The normalized spacial score (nSPS) is 11.3. The van der Waals surface area contributed by atoms with Gasteiger partial charge in [-0.05, 0) is 47.7 Å². The Hall–Kier alpha value is -1.96. The second-order valence-corrected chi connectivity index (χ2v) is 5.93. The molecule has 0 atom stereocenters. The molecule has 0 amide bonds. The second-order valence-electron chi connectivity index (χ2n) is 5.93. The lowest BCUT2D eigenvalue weighted by molar-refractivity contribution is 0.475. The van der Waals surface area contributed by atoms with Gasteiger partial charge < -0.3 is 11.1 Å². The van der Waals surface area contributed by atoms with Gasteiger partial charge in [0.25, 0.3) is 0 Å². The molecule has 106 valence electrons. The van der Waals surface area contributed by atoms with Crippen molar-refractivity contribution in [3.8, 4) is 0 Å². The minimum absolute atomic E-state index is 0.112. The minimum atomic E-state index is 0.112. The summed E-state index contributed by atoms with van der Waals surface area (Å²) in [5.41, 5.74) is 10.4. The molecule has 0 saturated carbocycles. The predicted octanol–water partition coefficient (Wildman–Crippen LogP) is 5.09. The van der Waals surface area contributed by atoms with E-state index in [9.17, 15) is 0 Å². The van der Waals surface area contributed by atoms with Crippen LogP contribution in [0.25, 0.3) is 0 Å². The monoisotopic (exact) mass is 268 g/mol. The molecule has 2 nitrogen and oxygen atoms in total. The molecule has 3 N–H and O–H groups in total. The molecule has 0 heterocycles. The fraction of sp³-hybridized carbons (Fsp3) is 0.333. The Labute approximate surface area is 122 Å². The first-order valence-electron chi connectivity index (χ1n) is 7.25. The van der Waals surface area contributed by atoms with Gasteiger partial charge in [-0.1, -0.05) is 45.4 Å². The van der Waals surface area contributed by atoms with Crippen molar-refractivity contribution in [1.82, 2.24) is 0 Å². The maximum Gasteiger partial charge on any atom is 0.0423 e. The number of nitrogens with two attached hydrogens (primary N) is 1. The number of para-hydroxylation sites is 1. The van der Waals surface area contributed by atoms with Crippen LogP contribution in [0.2, 0.25) is 0 Å². The summed E-state index contributed by atoms with van der Waals surface area (Å²) in [7, 11) is 0. The van der Waals surface area contributed by atoms with Crippen LogP contribution < -0.4 is 11.1 Å². The second kappa shape index (κ2) is 6.00. The summed E-state index contributed by atoms with van der Waals surface area (Å²) in [6.45, 7) is 6.78. The van der Waals surface area contributed by atoms with E-state index in [0.717, 1.165) is 29.9 Å². The zero-order valence-corrected chi connectivity index (χ0v) is 12.6. The molecule has 0 fully saturated rings. The van der Waals surface area contributed by atoms with Gasteiger partial charge in [-0.25, -0.2) is 0 Å². The van der Waals surface area contributed by atoms with Gasteiger partial charge in [-0.3, -0.25) is 0 Å². The van der Waals surface area contributed by atoms with Crippen LogP contribution in [-0.4, -0.2) is 0 Å². The Morgan fingerprint density at radius 3 is 2.40 bits per heavy atom. The van der Waals surface area contributed by atoms with E-state index in [1.807, 2.05) is 24.3 Å². The average Bonchev–Trinajstić information content (AvgIpc) is 2.42. The number of nitrogen functional groups attached to an aromatic ring is 1. The zero-order valence-electron chi connectivity index (χ0n) is 12.6. The van der Waals surface area contributed by atoms with E-state index >= 15 is 0 Å². The van der Waals surface area contributed by atoms with Crippen molar-refractivity contribution in [1.29, 1.82) is 0 Å². The molecule has 2 rings (SSSR count). The van der Waals surface area contributed by atoms with Crippen molar-refractivity contribution in [3.63, 3.8) is 0 Å². The molecule has 20 heavy (non-hydrogen) atoms. The Kier molecular flexibility index (Phi) is 4.33. The van der Waals surface area contributed by atoms with Crippen molar-refractivity contribution in [2.45, 2.75) is 39.0 Å². The Bertz CT molecular complexity index is 559. The van der Waals surface area contributed by atoms with Gasteiger partial charge in [0.2, 0.25) is 0 Å². The maximum absolute atomic E-state index is 5.99. The fourth-order valence-electron chi connectivity index (χ4n) is 2.67. The van der Waals surface area contributed by atoms with Gasteiger partial charge in [0.05, 0.1) is 0 Å². The summed E-state index contributed by atoms with van der Waals surface area (Å²) in [6, 6.07) is 16.4. The lowest BCUT2D eigenvalue weighted by atomic mass is 9.79. The van der Waals surface area contributed by atoms with E-state index in [2.05, 4.69) is 50.4 Å². The van der Waals surface area contributed by atoms with E-state index in [4.69, 9.17) is 5.73 Å². The van der Waals surface area contributed by atoms with E-state index in [-0.39, 0.29) is 5.41 Å². The Balaban J connectivity index is 2.38. The van der Waals surface area contributed by atoms with Gasteiger partial charge in [-0.15, -0.1) is 0 Å². The van der Waals surface area contributed by atoms with Crippen LogP contribution >= 0.6 is 0 Å². The lowest BCUT2D eigenvalue weighted by Crippen LogP contribution is -2.18. The highest BCUT2D eigenvalue weighted by molar-refractivity contribution is 5.67. The summed E-state index contributed by atoms with van der Waals surface area (Å²) >= 11 is 0. The Morgan fingerprint density at radius 2 is 1.75 bits per heavy atom. The van der Waals surface area contributed by atoms with Crippen LogP contribution in [0, 0.1) is 0 Å². The summed E-state index contributed by atoms with van der Waals surface area (Å²) < 4.78 is 0. The molecule has 0 aliphatic carbocycles. The first-order valence-corrected chi connectivity index (χ1v) is 7.25. The number of hydrogen-bond donors (Lipinski definition) is 2. The van der Waals surface area contributed by atoms with E-state index in [0.29, 0.717) is 0 Å². The SMILES string of the molecule is CCCC(C)(C)c1cc(N)ccc1Nc1ccccc1. The van der Waals surface area contributed by atoms with Crippen LogP contribution in [0.1, 0.15) is 39.2 Å². The molecule has 2 aromatic rings. The minimum Gasteiger partial charge on any atom is -0.399 e. The molecule has 0 unspecified atom stereocenters. The molecule has 0 radical (unpaired) electrons. The number of rotatable bonds is 5. The topological polar surface area (TPSA) is 38.0 Å². The largest absolute Gasteiger partial charge is 0.399 e. The molecule has 0 aromatic heterocycles. The fourth-order valence-corrected chi connectivity index (χ4v) is 2.67. The quantitative estimate of drug-likeness (QED) is 0.741. The summed E-state index contributed by atoms with van der Waals surface area (Å²) in [6.07, 6.45) is 2.30. The number of anilines is 3. The standard InChI is InChI=1S/C18H24N2/c1-4-12-18(2,3)16-13-14(19)10-11-17(16)20-15-8-6-5-7-9-15/h5-11,13,20H,4,12,19H2,1-3H3. The molecule has 0 bridgehead atoms. The molecule has 0 aliphatic rings. The van der Waals surface area contributed by atoms with Gasteiger partial charge in [0, 0.05) is 17.1 Å². The third kappa shape index (κ3) is 3.32. The van der Waals surface area contributed by atoms with Crippen LogP contribution in [0.15, 0.2) is 48.5 Å². The molecule has 0 aliphatic heterocycles. The van der Waals surface area contributed by atoms with Gasteiger partial charge in [-0.2, -0.15) is 0 Å². The van der Waals surface area contributed by atoms with Crippen molar-refractivity contribution in [2.24, 2.45) is 0 Å². The number of nitrogens with one attached hydrogen (secondary N) is 1. The predicted molar refractivity (Wildman–Crippen MR) is 88.5 cm³/mol. The summed E-state index contributed by atoms with van der Waals surface area (Å²) in [5.74, 6) is 0. The van der Waals surface area contributed by atoms with Crippen molar-refractivity contribution >= 4 is 17.1 Å². The molecule has 0 saturated heterocycles. The Morgan fingerprint density at radius 1 is 1.05 bits per heavy atom. The third-order valence-corrected chi connectivity index (χ3v) is 3.70. The smallest absolute Gasteiger partial charge is 0.0423 e. The average molecular weight is 268 g/mol. The molecular weight excluding hydrogens is 244 g/mol.